The maximum absolute atomic E-state index is 13.5. The Morgan fingerprint density at radius 1 is 1.60 bits per heavy atom. The molecule has 0 saturated carbocycles. The highest BCUT2D eigenvalue weighted by Gasteiger charge is 2.17. The minimum atomic E-state index is -1.30. The van der Waals surface area contributed by atoms with Crippen LogP contribution >= 0.6 is 0 Å². The molecule has 0 aliphatic rings. The maximum atomic E-state index is 13.5. The molecule has 0 amide bonds. The van der Waals surface area contributed by atoms with Gasteiger partial charge in [-0.05, 0) is 18.1 Å². The third-order valence-corrected chi connectivity index (χ3v) is 1.84. The first kappa shape index (κ1) is 11.1. The highest BCUT2D eigenvalue weighted by molar-refractivity contribution is 5.89. The number of carbonyl (C=O) groups is 1. The minimum absolute atomic E-state index is 0.313. The second kappa shape index (κ2) is 4.50. The summed E-state index contributed by atoms with van der Waals surface area (Å²) in [5, 5.41) is 8.63. The van der Waals surface area contributed by atoms with Crippen molar-refractivity contribution in [3.8, 4) is 0 Å². The zero-order valence-corrected chi connectivity index (χ0v) is 7.90. The van der Waals surface area contributed by atoms with E-state index in [1.807, 2.05) is 0 Å². The molecule has 80 valence electrons. The predicted octanol–water partition coefficient (Wildman–Crippen LogP) is 1.74. The smallest absolute Gasteiger partial charge is 0.262 e. The normalized spacial score (nSPS) is 9.73. The zero-order chi connectivity index (χ0) is 11.4. The Morgan fingerprint density at radius 3 is 2.80 bits per heavy atom. The molecule has 5 nitrogen and oxygen atoms in total. The Hall–Kier alpha value is -1.98. The van der Waals surface area contributed by atoms with Crippen molar-refractivity contribution in [1.29, 1.82) is 0 Å². The van der Waals surface area contributed by atoms with Gasteiger partial charge in [-0.3, -0.25) is 4.79 Å². The summed E-state index contributed by atoms with van der Waals surface area (Å²) in [6, 6.07) is 4.08. The van der Waals surface area contributed by atoms with Gasteiger partial charge >= 0.3 is 11.1 Å². The van der Waals surface area contributed by atoms with Gasteiger partial charge in [0.2, 0.25) is 0 Å². The molecule has 15 heavy (non-hydrogen) atoms. The minimum Gasteiger partial charge on any atom is -0.262 e. The van der Waals surface area contributed by atoms with Crippen LogP contribution in [0.5, 0.6) is 0 Å². The summed E-state index contributed by atoms with van der Waals surface area (Å²) in [4.78, 5) is 24.6. The van der Waals surface area contributed by atoms with Gasteiger partial charge in [-0.15, -0.1) is 10.1 Å². The average molecular weight is 213 g/mol. The van der Waals surface area contributed by atoms with Crippen molar-refractivity contribution >= 4 is 5.97 Å². The third-order valence-electron chi connectivity index (χ3n) is 1.84. The fourth-order valence-corrected chi connectivity index (χ4v) is 1.13. The SMILES string of the molecule is CCc1cccc(C(=O)O[N+](=O)[O-])c1F. The van der Waals surface area contributed by atoms with E-state index >= 15 is 0 Å². The molecule has 0 aliphatic heterocycles. The zero-order valence-electron chi connectivity index (χ0n) is 7.90. The van der Waals surface area contributed by atoms with Crippen molar-refractivity contribution in [3.63, 3.8) is 0 Å². The number of hydrogen-bond donors (Lipinski definition) is 0. The summed E-state index contributed by atoms with van der Waals surface area (Å²) in [7, 11) is 0. The number of aryl methyl sites for hydroxylation is 1. The third kappa shape index (κ3) is 2.49. The summed E-state index contributed by atoms with van der Waals surface area (Å²) in [5.74, 6) is -2.07. The molecule has 0 unspecified atom stereocenters. The van der Waals surface area contributed by atoms with E-state index in [2.05, 4.69) is 4.84 Å². The van der Waals surface area contributed by atoms with E-state index in [0.717, 1.165) is 6.07 Å². The van der Waals surface area contributed by atoms with E-state index < -0.39 is 22.4 Å². The van der Waals surface area contributed by atoms with Gasteiger partial charge in [0.15, 0.2) is 0 Å². The fraction of sp³-hybridized carbons (Fsp3) is 0.222. The fourth-order valence-electron chi connectivity index (χ4n) is 1.13. The molecule has 0 spiro atoms. The van der Waals surface area contributed by atoms with Crippen LogP contribution in [0.25, 0.3) is 0 Å². The van der Waals surface area contributed by atoms with E-state index in [-0.39, 0.29) is 0 Å². The van der Waals surface area contributed by atoms with Crippen LogP contribution in [-0.4, -0.2) is 11.1 Å². The van der Waals surface area contributed by atoms with Crippen LogP contribution in [0.15, 0.2) is 18.2 Å². The highest BCUT2D eigenvalue weighted by atomic mass is 19.1. The molecule has 0 fully saturated rings. The molecular formula is C9H8FNO4. The topological polar surface area (TPSA) is 69.4 Å². The largest absolute Gasteiger partial charge is 0.337 e. The van der Waals surface area contributed by atoms with Crippen LogP contribution in [0.1, 0.15) is 22.8 Å². The number of halogens is 1. The Labute approximate surface area is 84.6 Å². The quantitative estimate of drug-likeness (QED) is 0.566. The van der Waals surface area contributed by atoms with Crippen LogP contribution in [0, 0.1) is 15.9 Å². The van der Waals surface area contributed by atoms with Crippen LogP contribution in [-0.2, 0) is 11.3 Å². The van der Waals surface area contributed by atoms with Crippen LogP contribution in [0.3, 0.4) is 0 Å². The Kier molecular flexibility index (Phi) is 3.33. The lowest BCUT2D eigenvalue weighted by molar-refractivity contribution is -0.727. The maximum Gasteiger partial charge on any atom is 0.337 e. The van der Waals surface area contributed by atoms with E-state index in [9.17, 15) is 19.3 Å². The molecule has 0 heterocycles. The molecule has 0 aliphatic carbocycles. The number of carbonyl (C=O) groups excluding carboxylic acids is 1. The highest BCUT2D eigenvalue weighted by Crippen LogP contribution is 2.14. The molecule has 0 aromatic heterocycles. The lowest BCUT2D eigenvalue weighted by Gasteiger charge is -2.03. The van der Waals surface area contributed by atoms with Crippen molar-refractivity contribution in [2.75, 3.05) is 0 Å². The average Bonchev–Trinajstić information content (AvgIpc) is 2.17. The van der Waals surface area contributed by atoms with Crippen molar-refractivity contribution in [3.05, 3.63) is 45.3 Å². The standard InChI is InChI=1S/C9H8FNO4/c1-2-6-4-3-5-7(8(6)10)9(12)15-11(13)14/h3-5H,2H2,1H3. The summed E-state index contributed by atoms with van der Waals surface area (Å²) in [6.45, 7) is 1.71. The van der Waals surface area contributed by atoms with Crippen molar-refractivity contribution in [1.82, 2.24) is 0 Å². The Morgan fingerprint density at radius 2 is 2.27 bits per heavy atom. The van der Waals surface area contributed by atoms with Crippen molar-refractivity contribution in [2.24, 2.45) is 0 Å². The lowest BCUT2D eigenvalue weighted by Crippen LogP contribution is -2.13. The predicted molar refractivity (Wildman–Crippen MR) is 48.2 cm³/mol. The van der Waals surface area contributed by atoms with Gasteiger partial charge in [0.05, 0.1) is 5.56 Å². The van der Waals surface area contributed by atoms with Gasteiger partial charge in [0.1, 0.15) is 5.82 Å². The van der Waals surface area contributed by atoms with Gasteiger partial charge in [-0.25, -0.2) is 9.23 Å². The van der Waals surface area contributed by atoms with E-state index in [1.54, 1.807) is 6.92 Å². The van der Waals surface area contributed by atoms with Crippen molar-refractivity contribution in [2.45, 2.75) is 13.3 Å². The van der Waals surface area contributed by atoms with Crippen molar-refractivity contribution < 1.29 is 19.1 Å². The summed E-state index contributed by atoms with van der Waals surface area (Å²) in [5.41, 5.74) is -0.112. The summed E-state index contributed by atoms with van der Waals surface area (Å²) >= 11 is 0. The molecule has 0 bridgehead atoms. The van der Waals surface area contributed by atoms with Crippen LogP contribution < -0.4 is 0 Å². The number of rotatable bonds is 3. The van der Waals surface area contributed by atoms with Gasteiger partial charge in [-0.1, -0.05) is 19.1 Å². The Balaban J connectivity index is 3.04. The van der Waals surface area contributed by atoms with Gasteiger partial charge in [0.25, 0.3) is 0 Å². The molecule has 0 atom stereocenters. The molecule has 0 radical (unpaired) electrons. The first-order valence-electron chi connectivity index (χ1n) is 4.20. The number of hydrogen-bond acceptors (Lipinski definition) is 4. The van der Waals surface area contributed by atoms with Gasteiger partial charge < -0.3 is 0 Å². The first-order chi connectivity index (χ1) is 7.06. The van der Waals surface area contributed by atoms with Gasteiger partial charge in [-0.2, -0.15) is 0 Å². The lowest BCUT2D eigenvalue weighted by atomic mass is 10.1. The number of benzene rings is 1. The molecular weight excluding hydrogens is 205 g/mol. The monoisotopic (exact) mass is 213 g/mol. The molecule has 6 heteroatoms. The summed E-state index contributed by atoms with van der Waals surface area (Å²) in [6.07, 6.45) is 0.394. The van der Waals surface area contributed by atoms with E-state index in [4.69, 9.17) is 0 Å². The molecule has 0 saturated heterocycles. The molecule has 1 aromatic carbocycles. The van der Waals surface area contributed by atoms with Crippen LogP contribution in [0.2, 0.25) is 0 Å². The molecule has 1 aromatic rings. The Bertz CT molecular complexity index is 405. The van der Waals surface area contributed by atoms with Crippen LogP contribution in [0.4, 0.5) is 4.39 Å². The van der Waals surface area contributed by atoms with Gasteiger partial charge in [0, 0.05) is 0 Å². The molecule has 1 rings (SSSR count). The first-order valence-corrected chi connectivity index (χ1v) is 4.20. The molecule has 0 N–H and O–H groups in total. The van der Waals surface area contributed by atoms with E-state index in [1.165, 1.54) is 12.1 Å². The van der Waals surface area contributed by atoms with E-state index in [0.29, 0.717) is 12.0 Å². The second-order valence-corrected chi connectivity index (χ2v) is 2.73. The second-order valence-electron chi connectivity index (χ2n) is 2.73. The summed E-state index contributed by atoms with van der Waals surface area (Å²) < 4.78 is 13.5. The number of nitrogens with zero attached hydrogens (tertiary/aromatic N) is 1.